The third kappa shape index (κ3) is 2.70. The fourth-order valence-corrected chi connectivity index (χ4v) is 1.92. The lowest BCUT2D eigenvalue weighted by atomic mass is 10.0. The molecule has 0 radical (unpaired) electrons. The standard InChI is InChI=1S/C12H15NO5/c1-7-8(2-3-17-7)5-13-11(14)10-4-9(6-18-10)12(15)16/h4,6-8H,2-3,5H2,1H3,(H,13,14)(H,15,16). The number of hydrogen-bond acceptors (Lipinski definition) is 4. The number of hydrogen-bond donors (Lipinski definition) is 2. The highest BCUT2D eigenvalue weighted by atomic mass is 16.5. The van der Waals surface area contributed by atoms with Gasteiger partial charge in [-0.1, -0.05) is 0 Å². The molecule has 2 rings (SSSR count). The average Bonchev–Trinajstić information content (AvgIpc) is 2.94. The van der Waals surface area contributed by atoms with Gasteiger partial charge < -0.3 is 19.6 Å². The van der Waals surface area contributed by atoms with E-state index in [1.807, 2.05) is 6.92 Å². The average molecular weight is 253 g/mol. The van der Waals surface area contributed by atoms with Crippen molar-refractivity contribution in [3.63, 3.8) is 0 Å². The van der Waals surface area contributed by atoms with E-state index in [1.165, 1.54) is 6.07 Å². The molecule has 0 aromatic carbocycles. The van der Waals surface area contributed by atoms with Crippen molar-refractivity contribution in [1.29, 1.82) is 0 Å². The Kier molecular flexibility index (Phi) is 3.66. The molecule has 1 fully saturated rings. The van der Waals surface area contributed by atoms with Gasteiger partial charge in [-0.15, -0.1) is 0 Å². The summed E-state index contributed by atoms with van der Waals surface area (Å²) in [5.41, 5.74) is -0.0299. The van der Waals surface area contributed by atoms with Crippen LogP contribution in [-0.4, -0.2) is 36.2 Å². The highest BCUT2D eigenvalue weighted by Crippen LogP contribution is 2.19. The summed E-state index contributed by atoms with van der Waals surface area (Å²) in [6.45, 7) is 3.19. The third-order valence-corrected chi connectivity index (χ3v) is 3.13. The van der Waals surface area contributed by atoms with Crippen molar-refractivity contribution in [2.75, 3.05) is 13.2 Å². The molecule has 2 heterocycles. The first kappa shape index (κ1) is 12.6. The molecule has 0 bridgehead atoms. The van der Waals surface area contributed by atoms with Crippen LogP contribution in [0.3, 0.4) is 0 Å². The fraction of sp³-hybridized carbons (Fsp3) is 0.500. The number of ether oxygens (including phenoxy) is 1. The van der Waals surface area contributed by atoms with Crippen LogP contribution >= 0.6 is 0 Å². The van der Waals surface area contributed by atoms with Gasteiger partial charge in [-0.2, -0.15) is 0 Å². The highest BCUT2D eigenvalue weighted by Gasteiger charge is 2.25. The minimum Gasteiger partial charge on any atom is -0.478 e. The molecule has 2 atom stereocenters. The molecular formula is C12H15NO5. The third-order valence-electron chi connectivity index (χ3n) is 3.13. The lowest BCUT2D eigenvalue weighted by molar-refractivity contribution is 0.0695. The Hall–Kier alpha value is -1.82. The van der Waals surface area contributed by atoms with Gasteiger partial charge in [0.2, 0.25) is 0 Å². The maximum atomic E-state index is 11.7. The number of carboxylic acids is 1. The van der Waals surface area contributed by atoms with Gasteiger partial charge in [0.1, 0.15) is 6.26 Å². The largest absolute Gasteiger partial charge is 0.478 e. The van der Waals surface area contributed by atoms with E-state index in [1.54, 1.807) is 0 Å². The number of nitrogens with one attached hydrogen (secondary N) is 1. The summed E-state index contributed by atoms with van der Waals surface area (Å²) < 4.78 is 10.3. The number of amides is 1. The van der Waals surface area contributed by atoms with E-state index in [4.69, 9.17) is 14.3 Å². The number of rotatable bonds is 4. The van der Waals surface area contributed by atoms with E-state index in [2.05, 4.69) is 5.32 Å². The molecule has 1 saturated heterocycles. The van der Waals surface area contributed by atoms with E-state index in [0.29, 0.717) is 19.1 Å². The summed E-state index contributed by atoms with van der Waals surface area (Å²) in [4.78, 5) is 22.3. The van der Waals surface area contributed by atoms with Crippen LogP contribution in [0, 0.1) is 5.92 Å². The van der Waals surface area contributed by atoms with Gasteiger partial charge >= 0.3 is 5.97 Å². The van der Waals surface area contributed by atoms with Crippen LogP contribution in [0.1, 0.15) is 34.3 Å². The number of furan rings is 1. The summed E-state index contributed by atoms with van der Waals surface area (Å²) in [6.07, 6.45) is 2.11. The van der Waals surface area contributed by atoms with Gasteiger partial charge in [-0.3, -0.25) is 4.79 Å². The monoisotopic (exact) mass is 253 g/mol. The zero-order valence-corrected chi connectivity index (χ0v) is 10.0. The first-order chi connectivity index (χ1) is 8.58. The normalized spacial score (nSPS) is 22.9. The van der Waals surface area contributed by atoms with Crippen molar-refractivity contribution in [2.24, 2.45) is 5.92 Å². The van der Waals surface area contributed by atoms with E-state index in [9.17, 15) is 9.59 Å². The van der Waals surface area contributed by atoms with Gasteiger partial charge in [0.15, 0.2) is 5.76 Å². The quantitative estimate of drug-likeness (QED) is 0.839. The van der Waals surface area contributed by atoms with E-state index in [0.717, 1.165) is 12.7 Å². The van der Waals surface area contributed by atoms with Crippen LogP contribution in [0.15, 0.2) is 16.7 Å². The Morgan fingerprint density at radius 1 is 1.56 bits per heavy atom. The molecule has 6 nitrogen and oxygen atoms in total. The molecule has 1 aliphatic heterocycles. The van der Waals surface area contributed by atoms with Crippen molar-refractivity contribution in [2.45, 2.75) is 19.4 Å². The molecule has 18 heavy (non-hydrogen) atoms. The summed E-state index contributed by atoms with van der Waals surface area (Å²) >= 11 is 0. The van der Waals surface area contributed by atoms with Crippen LogP contribution in [0.4, 0.5) is 0 Å². The molecule has 0 aliphatic carbocycles. The molecule has 0 spiro atoms. The second kappa shape index (κ2) is 5.22. The van der Waals surface area contributed by atoms with Gasteiger partial charge in [0.05, 0.1) is 11.7 Å². The van der Waals surface area contributed by atoms with Crippen LogP contribution in [0.25, 0.3) is 0 Å². The summed E-state index contributed by atoms with van der Waals surface area (Å²) in [7, 11) is 0. The first-order valence-electron chi connectivity index (χ1n) is 5.79. The lowest BCUT2D eigenvalue weighted by Gasteiger charge is -2.13. The van der Waals surface area contributed by atoms with Gasteiger partial charge in [0.25, 0.3) is 5.91 Å². The van der Waals surface area contributed by atoms with Gasteiger partial charge in [0, 0.05) is 25.1 Å². The summed E-state index contributed by atoms with van der Waals surface area (Å²) in [5, 5.41) is 11.4. The lowest BCUT2D eigenvalue weighted by Crippen LogP contribution is -2.31. The van der Waals surface area contributed by atoms with Crippen molar-refractivity contribution in [3.8, 4) is 0 Å². The zero-order chi connectivity index (χ0) is 13.1. The Morgan fingerprint density at radius 2 is 2.33 bits per heavy atom. The molecule has 98 valence electrons. The van der Waals surface area contributed by atoms with Crippen molar-refractivity contribution in [3.05, 3.63) is 23.7 Å². The van der Waals surface area contributed by atoms with Gasteiger partial charge in [-0.25, -0.2) is 4.79 Å². The Bertz CT molecular complexity index is 453. The van der Waals surface area contributed by atoms with Crippen LogP contribution < -0.4 is 5.32 Å². The number of carbonyl (C=O) groups excluding carboxylic acids is 1. The molecule has 0 saturated carbocycles. The van der Waals surface area contributed by atoms with Crippen LogP contribution in [0.2, 0.25) is 0 Å². The van der Waals surface area contributed by atoms with E-state index < -0.39 is 11.9 Å². The molecule has 1 aromatic heterocycles. The topological polar surface area (TPSA) is 88.8 Å². The minimum absolute atomic E-state index is 0.0129. The van der Waals surface area contributed by atoms with Gasteiger partial charge in [-0.05, 0) is 13.3 Å². The minimum atomic E-state index is -1.12. The fourth-order valence-electron chi connectivity index (χ4n) is 1.92. The zero-order valence-electron chi connectivity index (χ0n) is 10.0. The number of carbonyl (C=O) groups is 2. The maximum absolute atomic E-state index is 11.7. The van der Waals surface area contributed by atoms with Crippen molar-refractivity contribution < 1.29 is 23.8 Å². The highest BCUT2D eigenvalue weighted by molar-refractivity contribution is 5.95. The SMILES string of the molecule is CC1OCCC1CNC(=O)c1cc(C(=O)O)co1. The molecule has 1 amide bonds. The molecule has 1 aromatic rings. The predicted molar refractivity (Wildman–Crippen MR) is 61.5 cm³/mol. The summed E-state index contributed by atoms with van der Waals surface area (Å²) in [5.74, 6) is -1.21. The molecule has 2 unspecified atom stereocenters. The smallest absolute Gasteiger partial charge is 0.338 e. The van der Waals surface area contributed by atoms with Crippen molar-refractivity contribution in [1.82, 2.24) is 5.32 Å². The Labute approximate surface area is 104 Å². The molecular weight excluding hydrogens is 238 g/mol. The van der Waals surface area contributed by atoms with Crippen LogP contribution in [-0.2, 0) is 4.74 Å². The van der Waals surface area contributed by atoms with Crippen molar-refractivity contribution >= 4 is 11.9 Å². The Balaban J connectivity index is 1.89. The maximum Gasteiger partial charge on any atom is 0.338 e. The number of carboxylic acid groups (broad SMARTS) is 1. The second-order valence-electron chi connectivity index (χ2n) is 4.34. The molecule has 1 aliphatic rings. The predicted octanol–water partition coefficient (Wildman–Crippen LogP) is 1.13. The second-order valence-corrected chi connectivity index (χ2v) is 4.34. The van der Waals surface area contributed by atoms with E-state index >= 15 is 0 Å². The Morgan fingerprint density at radius 3 is 2.89 bits per heavy atom. The molecule has 6 heteroatoms. The first-order valence-corrected chi connectivity index (χ1v) is 5.79. The number of aromatic carboxylic acids is 1. The van der Waals surface area contributed by atoms with Crippen LogP contribution in [0.5, 0.6) is 0 Å². The summed E-state index contributed by atoms with van der Waals surface area (Å²) in [6, 6.07) is 1.21. The van der Waals surface area contributed by atoms with E-state index in [-0.39, 0.29) is 17.4 Å². The molecule has 2 N–H and O–H groups in total.